The molecule has 11 rings (SSSR count). The molecular formula is C50H34N2O2. The lowest BCUT2D eigenvalue weighted by Gasteiger charge is -2.28. The van der Waals surface area contributed by atoms with Crippen LogP contribution in [0.1, 0.15) is 25.0 Å². The van der Waals surface area contributed by atoms with E-state index in [1.54, 1.807) is 0 Å². The van der Waals surface area contributed by atoms with Gasteiger partial charge in [0.25, 0.3) is 0 Å². The number of rotatable bonds is 5. The van der Waals surface area contributed by atoms with Crippen LogP contribution in [-0.2, 0) is 5.41 Å². The molecule has 0 N–H and O–H groups in total. The average Bonchev–Trinajstić information content (AvgIpc) is 3.89. The molecule has 4 nitrogen and oxygen atoms in total. The van der Waals surface area contributed by atoms with Gasteiger partial charge in [-0.3, -0.25) is 0 Å². The van der Waals surface area contributed by atoms with Gasteiger partial charge in [-0.2, -0.15) is 0 Å². The summed E-state index contributed by atoms with van der Waals surface area (Å²) in [4.78, 5) is 7.22. The minimum Gasteiger partial charge on any atom is -0.456 e. The van der Waals surface area contributed by atoms with E-state index in [-0.39, 0.29) is 5.41 Å². The normalized spacial score (nSPS) is 13.1. The van der Waals surface area contributed by atoms with Gasteiger partial charge < -0.3 is 13.7 Å². The molecule has 0 radical (unpaired) electrons. The van der Waals surface area contributed by atoms with Gasteiger partial charge in [0, 0.05) is 50.3 Å². The average molecular weight is 695 g/mol. The van der Waals surface area contributed by atoms with Crippen molar-refractivity contribution in [3.05, 3.63) is 181 Å². The van der Waals surface area contributed by atoms with Crippen molar-refractivity contribution in [3.8, 4) is 33.7 Å². The molecule has 256 valence electrons. The van der Waals surface area contributed by atoms with Crippen molar-refractivity contribution in [3.63, 3.8) is 0 Å². The smallest absolute Gasteiger partial charge is 0.227 e. The number of oxazole rings is 1. The van der Waals surface area contributed by atoms with Gasteiger partial charge >= 0.3 is 0 Å². The number of hydrogen-bond donors (Lipinski definition) is 0. The van der Waals surface area contributed by atoms with Gasteiger partial charge in [-0.25, -0.2) is 4.98 Å². The molecule has 1 aliphatic carbocycles. The number of furan rings is 1. The van der Waals surface area contributed by atoms with Crippen LogP contribution in [0.2, 0.25) is 0 Å². The third-order valence-corrected chi connectivity index (χ3v) is 11.3. The lowest BCUT2D eigenvalue weighted by atomic mass is 9.82. The van der Waals surface area contributed by atoms with Crippen LogP contribution in [0.3, 0.4) is 0 Å². The SMILES string of the molecule is CC1(C)c2ccccc2-c2ccc(N(c3ccc(-c4cccc5ccc6nc(-c7ccccc7)oc6c45)cc3)c3ccc4c(c3)oc3ccccc34)cc21. The van der Waals surface area contributed by atoms with E-state index in [0.29, 0.717) is 5.89 Å². The summed E-state index contributed by atoms with van der Waals surface area (Å²) in [6.07, 6.45) is 0. The highest BCUT2D eigenvalue weighted by atomic mass is 16.3. The van der Waals surface area contributed by atoms with Crippen molar-refractivity contribution >= 4 is 60.9 Å². The molecule has 10 aromatic rings. The van der Waals surface area contributed by atoms with Crippen LogP contribution in [0.4, 0.5) is 17.1 Å². The Morgan fingerprint density at radius 1 is 0.481 bits per heavy atom. The zero-order valence-electron chi connectivity index (χ0n) is 29.9. The quantitative estimate of drug-likeness (QED) is 0.180. The van der Waals surface area contributed by atoms with Gasteiger partial charge in [0.1, 0.15) is 16.7 Å². The monoisotopic (exact) mass is 694 g/mol. The predicted molar refractivity (Wildman–Crippen MR) is 222 cm³/mol. The van der Waals surface area contributed by atoms with Crippen molar-refractivity contribution in [2.75, 3.05) is 4.90 Å². The fourth-order valence-corrected chi connectivity index (χ4v) is 8.62. The third-order valence-electron chi connectivity index (χ3n) is 11.3. The Balaban J connectivity index is 1.06. The summed E-state index contributed by atoms with van der Waals surface area (Å²) in [6.45, 7) is 4.67. The van der Waals surface area contributed by atoms with Crippen LogP contribution in [-0.4, -0.2) is 4.98 Å². The molecule has 0 unspecified atom stereocenters. The van der Waals surface area contributed by atoms with E-state index >= 15 is 0 Å². The maximum absolute atomic E-state index is 6.51. The van der Waals surface area contributed by atoms with Gasteiger partial charge in [0.05, 0.1) is 0 Å². The predicted octanol–water partition coefficient (Wildman–Crippen LogP) is 14.0. The minimum atomic E-state index is -0.124. The summed E-state index contributed by atoms with van der Waals surface area (Å²) in [5, 5.41) is 4.41. The van der Waals surface area contributed by atoms with Crippen LogP contribution < -0.4 is 4.90 Å². The van der Waals surface area contributed by atoms with E-state index in [1.807, 2.05) is 48.5 Å². The molecule has 0 spiro atoms. The number of fused-ring (bicyclic) bond motifs is 9. The molecule has 8 aromatic carbocycles. The topological polar surface area (TPSA) is 42.4 Å². The first-order valence-corrected chi connectivity index (χ1v) is 18.5. The number of benzene rings is 8. The van der Waals surface area contributed by atoms with Crippen molar-refractivity contribution in [1.82, 2.24) is 4.98 Å². The maximum Gasteiger partial charge on any atom is 0.227 e. The molecule has 2 heterocycles. The lowest BCUT2D eigenvalue weighted by molar-refractivity contribution is 0.623. The Morgan fingerprint density at radius 3 is 2.07 bits per heavy atom. The number of anilines is 3. The molecule has 1 aliphatic rings. The summed E-state index contributed by atoms with van der Waals surface area (Å²) in [5.41, 5.74) is 14.9. The highest BCUT2D eigenvalue weighted by Gasteiger charge is 2.35. The summed E-state index contributed by atoms with van der Waals surface area (Å²) in [7, 11) is 0. The van der Waals surface area contributed by atoms with Crippen molar-refractivity contribution in [2.45, 2.75) is 19.3 Å². The first-order valence-electron chi connectivity index (χ1n) is 18.5. The highest BCUT2D eigenvalue weighted by molar-refractivity contribution is 6.11. The zero-order valence-corrected chi connectivity index (χ0v) is 29.9. The van der Waals surface area contributed by atoms with Gasteiger partial charge in [-0.15, -0.1) is 0 Å². The second-order valence-electron chi connectivity index (χ2n) is 14.8. The van der Waals surface area contributed by atoms with E-state index in [2.05, 4.69) is 140 Å². The van der Waals surface area contributed by atoms with Crippen molar-refractivity contribution in [2.24, 2.45) is 0 Å². The maximum atomic E-state index is 6.51. The van der Waals surface area contributed by atoms with Crippen molar-refractivity contribution < 1.29 is 8.83 Å². The second-order valence-corrected chi connectivity index (χ2v) is 14.8. The van der Waals surface area contributed by atoms with Gasteiger partial charge in [-0.1, -0.05) is 117 Å². The highest BCUT2D eigenvalue weighted by Crippen LogP contribution is 2.51. The number of aromatic nitrogens is 1. The van der Waals surface area contributed by atoms with Crippen molar-refractivity contribution in [1.29, 1.82) is 0 Å². The Labute approximate surface area is 312 Å². The fraction of sp³-hybridized carbons (Fsp3) is 0.0600. The first kappa shape index (κ1) is 30.7. The van der Waals surface area contributed by atoms with Crippen LogP contribution >= 0.6 is 0 Å². The van der Waals surface area contributed by atoms with E-state index in [0.717, 1.165) is 77.6 Å². The molecule has 0 amide bonds. The summed E-state index contributed by atoms with van der Waals surface area (Å²) in [6, 6.07) is 60.1. The third kappa shape index (κ3) is 4.60. The molecule has 4 heteroatoms. The molecule has 0 aliphatic heterocycles. The number of nitrogens with zero attached hydrogens (tertiary/aromatic N) is 2. The molecule has 0 fully saturated rings. The van der Waals surface area contributed by atoms with Crippen LogP contribution in [0.5, 0.6) is 0 Å². The largest absolute Gasteiger partial charge is 0.456 e. The van der Waals surface area contributed by atoms with Crippen LogP contribution in [0.25, 0.3) is 77.5 Å². The Bertz CT molecular complexity index is 3080. The molecule has 0 bridgehead atoms. The lowest BCUT2D eigenvalue weighted by Crippen LogP contribution is -2.16. The van der Waals surface area contributed by atoms with Crippen LogP contribution in [0.15, 0.2) is 179 Å². The number of para-hydroxylation sites is 1. The van der Waals surface area contributed by atoms with Gasteiger partial charge in [0.2, 0.25) is 5.89 Å². The summed E-state index contributed by atoms with van der Waals surface area (Å²) in [5.74, 6) is 0.626. The molecule has 0 atom stereocenters. The summed E-state index contributed by atoms with van der Waals surface area (Å²) >= 11 is 0. The van der Waals surface area contributed by atoms with Gasteiger partial charge in [-0.05, 0) is 99.4 Å². The van der Waals surface area contributed by atoms with Gasteiger partial charge in [0.15, 0.2) is 5.58 Å². The Morgan fingerprint density at radius 2 is 1.19 bits per heavy atom. The van der Waals surface area contributed by atoms with Crippen LogP contribution in [0, 0.1) is 0 Å². The molecule has 0 saturated carbocycles. The molecule has 2 aromatic heterocycles. The molecular weight excluding hydrogens is 661 g/mol. The molecule has 54 heavy (non-hydrogen) atoms. The number of hydrogen-bond acceptors (Lipinski definition) is 4. The van der Waals surface area contributed by atoms with E-state index in [1.165, 1.54) is 22.3 Å². The minimum absolute atomic E-state index is 0.124. The Hall–Kier alpha value is -6.91. The first-order chi connectivity index (χ1) is 26.5. The summed E-state index contributed by atoms with van der Waals surface area (Å²) < 4.78 is 12.9. The second kappa shape index (κ2) is 11.5. The van der Waals surface area contributed by atoms with E-state index in [9.17, 15) is 0 Å². The fourth-order valence-electron chi connectivity index (χ4n) is 8.62. The standard InChI is InChI=1S/C50H34N2O2/c1-50(2)42-17-8-6-14-38(42)39-26-24-35(29-43(39)50)52(36-25-27-41-40-15-7-9-18-45(40)53-46(41)30-36)34-22-19-31(20-23-34)37-16-10-13-32-21-28-44-48(47(32)37)54-49(51-44)33-11-4-3-5-12-33/h3-30H,1-2H3. The van der Waals surface area contributed by atoms with E-state index in [4.69, 9.17) is 13.8 Å². The Kier molecular flexibility index (Phi) is 6.56. The molecule has 0 saturated heterocycles. The van der Waals surface area contributed by atoms with E-state index < -0.39 is 0 Å². The zero-order chi connectivity index (χ0) is 36.0.